The monoisotopic (exact) mass is 393 g/mol. The molecular formula is C22H27N5S. The van der Waals surface area contributed by atoms with E-state index in [4.69, 9.17) is 10.1 Å². The highest BCUT2D eigenvalue weighted by Gasteiger charge is 2.22. The second-order valence-corrected chi connectivity index (χ2v) is 8.57. The molecule has 0 aromatic carbocycles. The van der Waals surface area contributed by atoms with Crippen molar-refractivity contribution in [3.8, 4) is 21.3 Å². The summed E-state index contributed by atoms with van der Waals surface area (Å²) in [6.45, 7) is 10.8. The normalized spacial score (nSPS) is 11.8. The number of fused-ring (bicyclic) bond motifs is 1. The largest absolute Gasteiger partial charge is 0.333 e. The second kappa shape index (κ2) is 7.17. The van der Waals surface area contributed by atoms with E-state index in [-0.39, 0.29) is 0 Å². The van der Waals surface area contributed by atoms with Gasteiger partial charge in [0.25, 0.3) is 0 Å². The Bertz CT molecular complexity index is 1140. The molecule has 0 N–H and O–H groups in total. The average molecular weight is 394 g/mol. The standard InChI is InChI=1S/C22H27N5S/c1-7-16(8-2)17-12-14(4)25-27-19(15(5)24-21(17)27)20-13(3)11-18(28-20)22-23-9-10-26(22)6/h9-12,16H,7-8H2,1-6H3. The molecule has 28 heavy (non-hydrogen) atoms. The van der Waals surface area contributed by atoms with Crippen LogP contribution in [0.1, 0.15) is 55.1 Å². The van der Waals surface area contributed by atoms with Crippen molar-refractivity contribution in [1.29, 1.82) is 0 Å². The SMILES string of the molecule is CCC(CC)c1cc(C)nn2c(-c3sc(-c4nccn4C)cc3C)c(C)nc12. The quantitative estimate of drug-likeness (QED) is 0.438. The fourth-order valence-corrected chi connectivity index (χ4v) is 5.29. The van der Waals surface area contributed by atoms with Gasteiger partial charge in [-0.25, -0.2) is 14.5 Å². The number of aromatic nitrogens is 5. The lowest BCUT2D eigenvalue weighted by Gasteiger charge is -2.14. The van der Waals surface area contributed by atoms with Crippen LogP contribution in [0.2, 0.25) is 0 Å². The third-order valence-corrected chi connectivity index (χ3v) is 6.75. The van der Waals surface area contributed by atoms with Crippen LogP contribution < -0.4 is 0 Å². The van der Waals surface area contributed by atoms with Gasteiger partial charge in [0.15, 0.2) is 5.65 Å². The van der Waals surface area contributed by atoms with Gasteiger partial charge in [-0.2, -0.15) is 5.10 Å². The van der Waals surface area contributed by atoms with Crippen LogP contribution in [0.5, 0.6) is 0 Å². The number of imidazole rings is 2. The topological polar surface area (TPSA) is 48.0 Å². The summed E-state index contributed by atoms with van der Waals surface area (Å²) in [6, 6.07) is 4.43. The van der Waals surface area contributed by atoms with E-state index in [1.165, 1.54) is 20.9 Å². The Kier molecular flexibility index (Phi) is 4.83. The molecule has 0 aliphatic heterocycles. The maximum Gasteiger partial charge on any atom is 0.158 e. The summed E-state index contributed by atoms with van der Waals surface area (Å²) in [5.41, 5.74) is 6.71. The molecule has 0 aliphatic carbocycles. The molecule has 0 spiro atoms. The Morgan fingerprint density at radius 2 is 1.86 bits per heavy atom. The van der Waals surface area contributed by atoms with E-state index in [0.29, 0.717) is 5.92 Å². The molecule has 5 nitrogen and oxygen atoms in total. The smallest absolute Gasteiger partial charge is 0.158 e. The van der Waals surface area contributed by atoms with E-state index in [0.717, 1.165) is 41.4 Å². The summed E-state index contributed by atoms with van der Waals surface area (Å²) in [4.78, 5) is 11.9. The van der Waals surface area contributed by atoms with Gasteiger partial charge in [0.05, 0.1) is 21.1 Å². The van der Waals surface area contributed by atoms with Crippen molar-refractivity contribution in [2.24, 2.45) is 7.05 Å². The molecule has 4 aromatic heterocycles. The van der Waals surface area contributed by atoms with E-state index < -0.39 is 0 Å². The second-order valence-electron chi connectivity index (χ2n) is 7.52. The van der Waals surface area contributed by atoms with Crippen LogP contribution in [0, 0.1) is 20.8 Å². The molecule has 0 atom stereocenters. The van der Waals surface area contributed by atoms with Gasteiger partial charge in [0, 0.05) is 25.0 Å². The molecule has 6 heteroatoms. The molecule has 0 radical (unpaired) electrons. The van der Waals surface area contributed by atoms with Gasteiger partial charge in [-0.1, -0.05) is 13.8 Å². The predicted octanol–water partition coefficient (Wildman–Crippen LogP) is 5.69. The average Bonchev–Trinajstić information content (AvgIpc) is 3.32. The Labute approximate surface area is 170 Å². The lowest BCUT2D eigenvalue weighted by atomic mass is 9.95. The predicted molar refractivity (Wildman–Crippen MR) is 116 cm³/mol. The molecule has 0 unspecified atom stereocenters. The summed E-state index contributed by atoms with van der Waals surface area (Å²) in [6.07, 6.45) is 6.04. The molecular weight excluding hydrogens is 366 g/mol. The van der Waals surface area contributed by atoms with E-state index in [9.17, 15) is 0 Å². The summed E-state index contributed by atoms with van der Waals surface area (Å²) >= 11 is 1.77. The molecule has 4 heterocycles. The number of aryl methyl sites for hydroxylation is 4. The lowest BCUT2D eigenvalue weighted by molar-refractivity contribution is 0.638. The van der Waals surface area contributed by atoms with E-state index in [2.05, 4.69) is 60.8 Å². The Balaban J connectivity index is 1.94. The van der Waals surface area contributed by atoms with Gasteiger partial charge in [-0.3, -0.25) is 0 Å². The van der Waals surface area contributed by atoms with E-state index >= 15 is 0 Å². The van der Waals surface area contributed by atoms with Crippen LogP contribution in [0.3, 0.4) is 0 Å². The van der Waals surface area contributed by atoms with Gasteiger partial charge in [-0.15, -0.1) is 11.3 Å². The van der Waals surface area contributed by atoms with Crippen LogP contribution in [0.4, 0.5) is 0 Å². The van der Waals surface area contributed by atoms with Gasteiger partial charge in [-0.05, 0) is 57.2 Å². The first kappa shape index (κ1) is 18.9. The number of nitrogens with zero attached hydrogens (tertiary/aromatic N) is 5. The van der Waals surface area contributed by atoms with Crippen molar-refractivity contribution in [3.63, 3.8) is 0 Å². The van der Waals surface area contributed by atoms with Crippen molar-refractivity contribution in [2.45, 2.75) is 53.4 Å². The molecule has 146 valence electrons. The zero-order chi connectivity index (χ0) is 20.0. The number of hydrogen-bond donors (Lipinski definition) is 0. The Hall–Kier alpha value is -2.47. The van der Waals surface area contributed by atoms with Crippen LogP contribution in [-0.2, 0) is 7.05 Å². The highest BCUT2D eigenvalue weighted by Crippen LogP contribution is 2.39. The van der Waals surface area contributed by atoms with E-state index in [1.54, 1.807) is 11.3 Å². The van der Waals surface area contributed by atoms with Crippen molar-refractivity contribution >= 4 is 17.0 Å². The first-order valence-corrected chi connectivity index (χ1v) is 10.7. The van der Waals surface area contributed by atoms with Crippen molar-refractivity contribution < 1.29 is 0 Å². The van der Waals surface area contributed by atoms with Crippen molar-refractivity contribution in [1.82, 2.24) is 24.1 Å². The first-order chi connectivity index (χ1) is 13.4. The molecule has 0 bridgehead atoms. The highest BCUT2D eigenvalue weighted by molar-refractivity contribution is 7.19. The minimum atomic E-state index is 0.506. The van der Waals surface area contributed by atoms with Gasteiger partial charge >= 0.3 is 0 Å². The van der Waals surface area contributed by atoms with Crippen LogP contribution in [0.25, 0.3) is 26.9 Å². The summed E-state index contributed by atoms with van der Waals surface area (Å²) in [7, 11) is 2.03. The molecule has 0 saturated carbocycles. The Morgan fingerprint density at radius 1 is 1.11 bits per heavy atom. The van der Waals surface area contributed by atoms with Gasteiger partial charge < -0.3 is 4.57 Å². The van der Waals surface area contributed by atoms with E-state index in [1.807, 2.05) is 19.4 Å². The van der Waals surface area contributed by atoms with Crippen LogP contribution >= 0.6 is 11.3 Å². The zero-order valence-corrected chi connectivity index (χ0v) is 18.3. The van der Waals surface area contributed by atoms with Crippen LogP contribution in [-0.4, -0.2) is 24.1 Å². The zero-order valence-electron chi connectivity index (χ0n) is 17.4. The minimum absolute atomic E-state index is 0.506. The number of rotatable bonds is 5. The van der Waals surface area contributed by atoms with Crippen molar-refractivity contribution in [3.05, 3.63) is 47.0 Å². The third kappa shape index (κ3) is 2.96. The molecule has 0 saturated heterocycles. The molecule has 0 aliphatic rings. The molecule has 0 amide bonds. The number of hydrogen-bond acceptors (Lipinski definition) is 4. The summed E-state index contributed by atoms with van der Waals surface area (Å²) in [5, 5.41) is 4.86. The number of thiophene rings is 1. The van der Waals surface area contributed by atoms with Gasteiger partial charge in [0.2, 0.25) is 0 Å². The molecule has 0 fully saturated rings. The van der Waals surface area contributed by atoms with Crippen molar-refractivity contribution in [2.75, 3.05) is 0 Å². The molecule has 4 aromatic rings. The fraction of sp³-hybridized carbons (Fsp3) is 0.409. The Morgan fingerprint density at radius 3 is 2.50 bits per heavy atom. The maximum atomic E-state index is 4.96. The first-order valence-electron chi connectivity index (χ1n) is 9.89. The maximum absolute atomic E-state index is 4.96. The minimum Gasteiger partial charge on any atom is -0.333 e. The third-order valence-electron chi connectivity index (χ3n) is 5.51. The fourth-order valence-electron chi connectivity index (χ4n) is 4.00. The van der Waals surface area contributed by atoms with Gasteiger partial charge in [0.1, 0.15) is 11.5 Å². The lowest BCUT2D eigenvalue weighted by Crippen LogP contribution is -2.05. The summed E-state index contributed by atoms with van der Waals surface area (Å²) in [5.74, 6) is 1.50. The molecule has 4 rings (SSSR count). The highest BCUT2D eigenvalue weighted by atomic mass is 32.1. The van der Waals surface area contributed by atoms with Crippen LogP contribution in [0.15, 0.2) is 24.5 Å². The summed E-state index contributed by atoms with van der Waals surface area (Å²) < 4.78 is 4.13.